The summed E-state index contributed by atoms with van der Waals surface area (Å²) in [6.07, 6.45) is 0. The molecule has 25 heavy (non-hydrogen) atoms. The first-order valence-electron chi connectivity index (χ1n) is 8.98. The van der Waals surface area contributed by atoms with Crippen LogP contribution in [-0.4, -0.2) is 26.2 Å². The third kappa shape index (κ3) is 2.92. The number of methoxy groups -OCH3 is 1. The van der Waals surface area contributed by atoms with E-state index in [4.69, 9.17) is 4.74 Å². The maximum Gasteiger partial charge on any atom is 0.309 e. The monoisotopic (exact) mass is 335 g/mol. The number of carbonyl (C=O) groups is 1. The minimum absolute atomic E-state index is 0.0683. The average molecular weight is 335 g/mol. The van der Waals surface area contributed by atoms with Crippen LogP contribution in [0.25, 0.3) is 0 Å². The van der Waals surface area contributed by atoms with Crippen LogP contribution in [0.15, 0.2) is 54.6 Å². The van der Waals surface area contributed by atoms with Crippen molar-refractivity contribution in [3.8, 4) is 0 Å². The van der Waals surface area contributed by atoms with Gasteiger partial charge in [0.05, 0.1) is 13.0 Å². The predicted octanol–water partition coefficient (Wildman–Crippen LogP) is 4.20. The number of ether oxygens (including phenoxy) is 1. The van der Waals surface area contributed by atoms with E-state index in [0.717, 1.165) is 13.1 Å². The van der Waals surface area contributed by atoms with E-state index in [1.165, 1.54) is 23.9 Å². The summed E-state index contributed by atoms with van der Waals surface area (Å²) < 4.78 is 5.04. The SMILES string of the molecule is COC(=O)C1C(c2ccccc2)C1c1ccc(N2CC(C)(C)C2)cc1. The fraction of sp³-hybridized carbons (Fsp3) is 0.409. The molecular weight excluding hydrogens is 310 g/mol. The first-order chi connectivity index (χ1) is 12.0. The molecule has 0 spiro atoms. The van der Waals surface area contributed by atoms with Crippen molar-refractivity contribution in [1.29, 1.82) is 0 Å². The second-order valence-corrected chi connectivity index (χ2v) is 8.12. The molecule has 1 heterocycles. The van der Waals surface area contributed by atoms with Gasteiger partial charge in [0.2, 0.25) is 0 Å². The summed E-state index contributed by atoms with van der Waals surface area (Å²) in [5.74, 6) is 0.271. The van der Waals surface area contributed by atoms with Crippen molar-refractivity contribution in [3.05, 3.63) is 65.7 Å². The maximum atomic E-state index is 12.2. The number of hydrogen-bond donors (Lipinski definition) is 0. The molecule has 130 valence electrons. The fourth-order valence-electron chi connectivity index (χ4n) is 4.32. The molecule has 0 amide bonds. The second-order valence-electron chi connectivity index (χ2n) is 8.12. The summed E-state index contributed by atoms with van der Waals surface area (Å²) >= 11 is 0. The molecule has 3 heteroatoms. The Balaban J connectivity index is 1.54. The molecule has 2 aliphatic rings. The molecule has 0 N–H and O–H groups in total. The van der Waals surface area contributed by atoms with E-state index in [1.54, 1.807) is 0 Å². The maximum absolute atomic E-state index is 12.2. The zero-order chi connectivity index (χ0) is 17.6. The van der Waals surface area contributed by atoms with Crippen molar-refractivity contribution in [3.63, 3.8) is 0 Å². The summed E-state index contributed by atoms with van der Waals surface area (Å²) in [7, 11) is 1.48. The largest absolute Gasteiger partial charge is 0.469 e. The number of carbonyl (C=O) groups excluding carboxylic acids is 1. The molecule has 2 aromatic carbocycles. The van der Waals surface area contributed by atoms with Crippen molar-refractivity contribution < 1.29 is 9.53 Å². The molecule has 1 aliphatic heterocycles. The van der Waals surface area contributed by atoms with Gasteiger partial charge in [0.25, 0.3) is 0 Å². The number of benzene rings is 2. The van der Waals surface area contributed by atoms with Crippen LogP contribution in [0, 0.1) is 11.3 Å². The first-order valence-corrected chi connectivity index (χ1v) is 8.98. The lowest BCUT2D eigenvalue weighted by Gasteiger charge is -2.47. The van der Waals surface area contributed by atoms with Crippen LogP contribution in [0.4, 0.5) is 5.69 Å². The highest BCUT2D eigenvalue weighted by Crippen LogP contribution is 2.61. The topological polar surface area (TPSA) is 29.5 Å². The Bertz CT molecular complexity index is 758. The van der Waals surface area contributed by atoms with E-state index < -0.39 is 0 Å². The van der Waals surface area contributed by atoms with Gasteiger partial charge in [0.15, 0.2) is 0 Å². The van der Waals surface area contributed by atoms with E-state index in [-0.39, 0.29) is 23.7 Å². The Kier molecular flexibility index (Phi) is 3.82. The Hall–Kier alpha value is -2.29. The molecule has 0 aromatic heterocycles. The predicted molar refractivity (Wildman–Crippen MR) is 99.9 cm³/mol. The van der Waals surface area contributed by atoms with Gasteiger partial charge in [-0.15, -0.1) is 0 Å². The Morgan fingerprint density at radius 1 is 0.960 bits per heavy atom. The van der Waals surface area contributed by atoms with Gasteiger partial charge in [-0.2, -0.15) is 0 Å². The molecule has 1 aliphatic carbocycles. The molecule has 2 fully saturated rings. The normalized spacial score (nSPS) is 26.7. The van der Waals surface area contributed by atoms with E-state index in [1.807, 2.05) is 18.2 Å². The number of anilines is 1. The summed E-state index contributed by atoms with van der Waals surface area (Å²) in [4.78, 5) is 14.6. The van der Waals surface area contributed by atoms with Gasteiger partial charge in [-0.1, -0.05) is 56.3 Å². The molecule has 0 radical (unpaired) electrons. The van der Waals surface area contributed by atoms with Crippen LogP contribution >= 0.6 is 0 Å². The van der Waals surface area contributed by atoms with Crippen molar-refractivity contribution in [2.75, 3.05) is 25.1 Å². The minimum Gasteiger partial charge on any atom is -0.469 e. The quantitative estimate of drug-likeness (QED) is 0.784. The average Bonchev–Trinajstić information content (AvgIpc) is 3.35. The lowest BCUT2D eigenvalue weighted by Crippen LogP contribution is -2.53. The highest BCUT2D eigenvalue weighted by molar-refractivity contribution is 5.80. The van der Waals surface area contributed by atoms with Crippen LogP contribution in [0.5, 0.6) is 0 Å². The zero-order valence-electron chi connectivity index (χ0n) is 15.1. The number of esters is 1. The Morgan fingerprint density at radius 3 is 2.04 bits per heavy atom. The molecule has 4 rings (SSSR count). The number of rotatable bonds is 4. The highest BCUT2D eigenvalue weighted by Gasteiger charge is 2.56. The minimum atomic E-state index is -0.104. The number of hydrogen-bond acceptors (Lipinski definition) is 3. The van der Waals surface area contributed by atoms with Gasteiger partial charge >= 0.3 is 5.97 Å². The molecule has 1 saturated heterocycles. The highest BCUT2D eigenvalue weighted by atomic mass is 16.5. The number of nitrogens with zero attached hydrogens (tertiary/aromatic N) is 1. The van der Waals surface area contributed by atoms with Crippen molar-refractivity contribution >= 4 is 11.7 Å². The fourth-order valence-corrected chi connectivity index (χ4v) is 4.32. The summed E-state index contributed by atoms with van der Waals surface area (Å²) in [5.41, 5.74) is 4.14. The van der Waals surface area contributed by atoms with Crippen molar-refractivity contribution in [2.24, 2.45) is 11.3 Å². The van der Waals surface area contributed by atoms with Crippen molar-refractivity contribution in [1.82, 2.24) is 0 Å². The van der Waals surface area contributed by atoms with E-state index >= 15 is 0 Å². The standard InChI is InChI=1S/C22H25NO2/c1-22(2)13-23(14-22)17-11-9-16(10-12-17)19-18(20(19)21(24)25-3)15-7-5-4-6-8-15/h4-12,18-20H,13-14H2,1-3H3. The van der Waals surface area contributed by atoms with Gasteiger partial charge in [0, 0.05) is 30.6 Å². The van der Waals surface area contributed by atoms with E-state index in [9.17, 15) is 4.79 Å². The third-order valence-corrected chi connectivity index (χ3v) is 5.56. The molecule has 3 unspecified atom stereocenters. The van der Waals surface area contributed by atoms with Gasteiger partial charge < -0.3 is 9.64 Å². The third-order valence-electron chi connectivity index (χ3n) is 5.56. The molecular formula is C22H25NO2. The van der Waals surface area contributed by atoms with Crippen LogP contribution in [0.1, 0.15) is 36.8 Å². The lowest BCUT2D eigenvalue weighted by atomic mass is 9.84. The lowest BCUT2D eigenvalue weighted by molar-refractivity contribution is -0.142. The van der Waals surface area contributed by atoms with Gasteiger partial charge in [-0.25, -0.2) is 0 Å². The van der Waals surface area contributed by atoms with Gasteiger partial charge in [-0.3, -0.25) is 4.79 Å². The second kappa shape index (κ2) is 5.91. The smallest absolute Gasteiger partial charge is 0.309 e. The molecule has 2 aromatic rings. The summed E-state index contributed by atoms with van der Waals surface area (Å²) in [6.45, 7) is 6.81. The molecule has 3 atom stereocenters. The van der Waals surface area contributed by atoms with E-state index in [0.29, 0.717) is 5.41 Å². The molecule has 0 bridgehead atoms. The van der Waals surface area contributed by atoms with Crippen LogP contribution < -0.4 is 4.90 Å². The molecule has 3 nitrogen and oxygen atoms in total. The Labute approximate surface area is 149 Å². The van der Waals surface area contributed by atoms with Crippen molar-refractivity contribution in [2.45, 2.75) is 25.7 Å². The Morgan fingerprint density at radius 2 is 1.52 bits per heavy atom. The van der Waals surface area contributed by atoms with Crippen LogP contribution in [0.3, 0.4) is 0 Å². The van der Waals surface area contributed by atoms with Crippen LogP contribution in [0.2, 0.25) is 0 Å². The molecule has 1 saturated carbocycles. The van der Waals surface area contributed by atoms with E-state index in [2.05, 4.69) is 55.1 Å². The van der Waals surface area contributed by atoms with Crippen LogP contribution in [-0.2, 0) is 9.53 Å². The summed E-state index contributed by atoms with van der Waals surface area (Å²) in [6, 6.07) is 19.1. The summed E-state index contributed by atoms with van der Waals surface area (Å²) in [5, 5.41) is 0. The first kappa shape index (κ1) is 16.2. The van der Waals surface area contributed by atoms with Gasteiger partial charge in [-0.05, 0) is 28.7 Å². The zero-order valence-corrected chi connectivity index (χ0v) is 15.1. The van der Waals surface area contributed by atoms with Gasteiger partial charge in [0.1, 0.15) is 0 Å².